The third-order valence-electron chi connectivity index (χ3n) is 3.23. The lowest BCUT2D eigenvalue weighted by molar-refractivity contribution is -0.185. The van der Waals surface area contributed by atoms with Gasteiger partial charge in [0.05, 0.1) is 0 Å². The number of alkyl halides is 1. The maximum atomic E-state index is 12.1. The number of nitrogens with zero attached hydrogens (tertiary/aromatic N) is 1. The van der Waals surface area contributed by atoms with Crippen LogP contribution in [-0.4, -0.2) is 48.5 Å². The van der Waals surface area contributed by atoms with Gasteiger partial charge in [-0.15, -0.1) is 11.8 Å². The molecule has 0 aromatic heterocycles. The maximum absolute atomic E-state index is 12.1. The fourth-order valence-electron chi connectivity index (χ4n) is 2.32. The van der Waals surface area contributed by atoms with Crippen molar-refractivity contribution in [3.63, 3.8) is 0 Å². The number of carbonyl (C=O) groups excluding carboxylic acids is 2. The van der Waals surface area contributed by atoms with Gasteiger partial charge in [-0.1, -0.05) is 6.92 Å². The predicted octanol–water partition coefficient (Wildman–Crippen LogP) is 1.18. The summed E-state index contributed by atoms with van der Waals surface area (Å²) >= 11 is 4.48. The summed E-state index contributed by atoms with van der Waals surface area (Å²) in [5.74, 6) is -2.06. The predicted molar refractivity (Wildman–Crippen MR) is 71.8 cm³/mol. The van der Waals surface area contributed by atoms with Crippen molar-refractivity contribution >= 4 is 45.5 Å². The zero-order chi connectivity index (χ0) is 14.6. The molecule has 2 heterocycles. The van der Waals surface area contributed by atoms with E-state index in [9.17, 15) is 19.5 Å². The summed E-state index contributed by atoms with van der Waals surface area (Å²) in [6, 6.07) is -0.916. The Kier molecular flexibility index (Phi) is 3.37. The Balaban J connectivity index is 2.27. The number of fused-ring (bicyclic) bond motifs is 1. The van der Waals surface area contributed by atoms with E-state index < -0.39 is 38.5 Å². The second-order valence-corrected chi connectivity index (χ2v) is 7.91. The van der Waals surface area contributed by atoms with Crippen LogP contribution in [0, 0.1) is 0 Å². The second kappa shape index (κ2) is 4.37. The zero-order valence-corrected chi connectivity index (χ0v) is 13.1. The molecule has 0 aromatic carbocycles. The van der Waals surface area contributed by atoms with E-state index in [2.05, 4.69) is 15.9 Å². The molecular weight excluding hydrogens is 338 g/mol. The van der Waals surface area contributed by atoms with Crippen LogP contribution in [0.3, 0.4) is 0 Å². The highest BCUT2D eigenvalue weighted by atomic mass is 79.9. The van der Waals surface area contributed by atoms with Crippen LogP contribution in [0.4, 0.5) is 0 Å². The molecule has 106 valence electrons. The molecule has 6 nitrogen and oxygen atoms in total. The Morgan fingerprint density at radius 2 is 2.11 bits per heavy atom. The van der Waals surface area contributed by atoms with Gasteiger partial charge >= 0.3 is 11.9 Å². The van der Waals surface area contributed by atoms with Crippen molar-refractivity contribution in [1.29, 1.82) is 0 Å². The molecule has 1 N–H and O–H groups in total. The third-order valence-corrected chi connectivity index (χ3v) is 6.08. The molecule has 8 heteroatoms. The highest BCUT2D eigenvalue weighted by Gasteiger charge is 2.73. The first-order valence-corrected chi connectivity index (χ1v) is 7.46. The van der Waals surface area contributed by atoms with Crippen LogP contribution < -0.4 is 0 Å². The van der Waals surface area contributed by atoms with E-state index in [1.807, 2.05) is 0 Å². The Hall–Kier alpha value is -0.760. The summed E-state index contributed by atoms with van der Waals surface area (Å²) in [4.78, 5) is 36.1. The van der Waals surface area contributed by atoms with Gasteiger partial charge in [0.15, 0.2) is 0 Å². The van der Waals surface area contributed by atoms with Gasteiger partial charge in [0.2, 0.25) is 0 Å². The van der Waals surface area contributed by atoms with Gasteiger partial charge < -0.3 is 14.7 Å². The Morgan fingerprint density at radius 3 is 2.58 bits per heavy atom. The summed E-state index contributed by atoms with van der Waals surface area (Å²) in [5, 5.41) is 8.75. The highest BCUT2D eigenvalue weighted by molar-refractivity contribution is 9.10. The van der Waals surface area contributed by atoms with Crippen LogP contribution in [0.15, 0.2) is 0 Å². The summed E-state index contributed by atoms with van der Waals surface area (Å²) < 4.78 is 3.08. The van der Waals surface area contributed by atoms with Crippen molar-refractivity contribution < 1.29 is 24.2 Å². The average molecular weight is 352 g/mol. The molecule has 2 fully saturated rings. The van der Waals surface area contributed by atoms with E-state index in [0.717, 1.165) is 0 Å². The van der Waals surface area contributed by atoms with Crippen LogP contribution in [0.1, 0.15) is 27.2 Å². The Labute approximate surface area is 123 Å². The van der Waals surface area contributed by atoms with E-state index in [1.54, 1.807) is 20.8 Å². The van der Waals surface area contributed by atoms with Crippen molar-refractivity contribution in [3.05, 3.63) is 0 Å². The summed E-state index contributed by atoms with van der Waals surface area (Å²) in [7, 11) is 0. The Morgan fingerprint density at radius 1 is 1.53 bits per heavy atom. The molecule has 0 unspecified atom stereocenters. The largest absolute Gasteiger partial charge is 0.480 e. The normalized spacial score (nSPS) is 35.6. The SMILES string of the molecule is CCC(=O)O[C@@]1(Br)C(=O)N2[C@@H](C(=O)O)C(C)(C)S[C@@H]21. The van der Waals surface area contributed by atoms with E-state index in [1.165, 1.54) is 16.7 Å². The molecule has 2 aliphatic heterocycles. The van der Waals surface area contributed by atoms with Crippen molar-refractivity contribution in [2.75, 3.05) is 0 Å². The number of carbonyl (C=O) groups is 3. The van der Waals surface area contributed by atoms with E-state index in [-0.39, 0.29) is 6.42 Å². The van der Waals surface area contributed by atoms with Gasteiger partial charge in [0, 0.05) is 11.2 Å². The monoisotopic (exact) mass is 351 g/mol. The second-order valence-electron chi connectivity index (χ2n) is 5.00. The first-order valence-electron chi connectivity index (χ1n) is 5.79. The molecule has 0 spiro atoms. The molecule has 0 saturated carbocycles. The van der Waals surface area contributed by atoms with Crippen LogP contribution in [0.5, 0.6) is 0 Å². The minimum atomic E-state index is -1.42. The van der Waals surface area contributed by atoms with Crippen molar-refractivity contribution in [2.24, 2.45) is 0 Å². The average Bonchev–Trinajstić information content (AvgIpc) is 2.58. The molecule has 2 aliphatic rings. The van der Waals surface area contributed by atoms with Crippen molar-refractivity contribution in [1.82, 2.24) is 4.90 Å². The first kappa shape index (κ1) is 14.6. The van der Waals surface area contributed by atoms with Gasteiger partial charge in [-0.2, -0.15) is 0 Å². The van der Waals surface area contributed by atoms with Crippen molar-refractivity contribution in [2.45, 2.75) is 47.9 Å². The molecular formula is C11H14BrNO5S. The lowest BCUT2D eigenvalue weighted by Gasteiger charge is -2.48. The quantitative estimate of drug-likeness (QED) is 0.467. The van der Waals surface area contributed by atoms with Crippen LogP contribution in [0.25, 0.3) is 0 Å². The molecule has 2 rings (SSSR count). The number of hydrogen-bond donors (Lipinski definition) is 1. The number of aliphatic carboxylic acids is 1. The number of rotatable bonds is 3. The third kappa shape index (κ3) is 1.96. The van der Waals surface area contributed by atoms with Crippen LogP contribution in [-0.2, 0) is 19.1 Å². The molecule has 2 saturated heterocycles. The number of halogens is 1. The highest BCUT2D eigenvalue weighted by Crippen LogP contribution is 2.58. The minimum Gasteiger partial charge on any atom is -0.480 e. The number of hydrogen-bond acceptors (Lipinski definition) is 5. The number of carboxylic acid groups (broad SMARTS) is 1. The molecule has 3 atom stereocenters. The Bertz CT molecular complexity index is 468. The molecule has 0 aromatic rings. The standard InChI is InChI=1S/C11H14BrNO5S/c1-4-5(14)18-11(12)8(17)13-6(7(15)16)10(2,3)19-9(11)13/h6,9H,4H2,1-3H3,(H,15,16)/t6-,9+,11-/m0/s1. The lowest BCUT2D eigenvalue weighted by atomic mass is 9.97. The number of ether oxygens (including phenoxy) is 1. The minimum absolute atomic E-state index is 0.157. The van der Waals surface area contributed by atoms with Crippen molar-refractivity contribution in [3.8, 4) is 0 Å². The number of thioether (sulfide) groups is 1. The smallest absolute Gasteiger partial charge is 0.327 e. The number of β-lactam (4-membered cyclic amide) rings is 1. The summed E-state index contributed by atoms with van der Waals surface area (Å²) in [5.41, 5.74) is 0. The molecule has 0 aliphatic carbocycles. The number of esters is 1. The summed E-state index contributed by atoms with van der Waals surface area (Å²) in [6.07, 6.45) is 0.157. The van der Waals surface area contributed by atoms with Gasteiger partial charge in [0.25, 0.3) is 10.4 Å². The topological polar surface area (TPSA) is 83.9 Å². The maximum Gasteiger partial charge on any atom is 0.327 e. The molecule has 0 radical (unpaired) electrons. The van der Waals surface area contributed by atoms with Gasteiger partial charge in [-0.25, -0.2) is 4.79 Å². The zero-order valence-electron chi connectivity index (χ0n) is 10.7. The number of amides is 1. The fraction of sp³-hybridized carbons (Fsp3) is 0.727. The van der Waals surface area contributed by atoms with Gasteiger partial charge in [-0.05, 0) is 29.8 Å². The molecule has 1 amide bonds. The van der Waals surface area contributed by atoms with Gasteiger partial charge in [-0.3, -0.25) is 9.59 Å². The first-order chi connectivity index (χ1) is 8.65. The van der Waals surface area contributed by atoms with E-state index in [0.29, 0.717) is 0 Å². The molecule has 0 bridgehead atoms. The molecule has 19 heavy (non-hydrogen) atoms. The van der Waals surface area contributed by atoms with Crippen LogP contribution in [0.2, 0.25) is 0 Å². The lowest BCUT2D eigenvalue weighted by Crippen LogP contribution is -2.72. The summed E-state index contributed by atoms with van der Waals surface area (Å²) in [6.45, 7) is 5.15. The fourth-order valence-corrected chi connectivity index (χ4v) is 4.76. The number of carboxylic acids is 1. The van der Waals surface area contributed by atoms with Gasteiger partial charge in [0.1, 0.15) is 11.4 Å². The van der Waals surface area contributed by atoms with E-state index >= 15 is 0 Å². The van der Waals surface area contributed by atoms with E-state index in [4.69, 9.17) is 4.74 Å². The van der Waals surface area contributed by atoms with Crippen LogP contribution >= 0.6 is 27.7 Å².